The minimum absolute atomic E-state index is 0.138. The van der Waals surface area contributed by atoms with Gasteiger partial charge in [0.2, 0.25) is 15.8 Å². The van der Waals surface area contributed by atoms with Gasteiger partial charge in [0.25, 0.3) is 0 Å². The maximum Gasteiger partial charge on any atom is 0.236 e. The molecular formula is C10H11ClO5S. The van der Waals surface area contributed by atoms with Crippen molar-refractivity contribution in [3.63, 3.8) is 0 Å². The summed E-state index contributed by atoms with van der Waals surface area (Å²) in [6.07, 6.45) is 0. The summed E-state index contributed by atoms with van der Waals surface area (Å²) in [5.41, 5.74) is 1.28. The molecule has 0 radical (unpaired) electrons. The van der Waals surface area contributed by atoms with Crippen molar-refractivity contribution in [2.45, 2.75) is 12.4 Å². The molecule has 94 valence electrons. The van der Waals surface area contributed by atoms with E-state index in [4.69, 9.17) is 24.9 Å². The molecule has 0 amide bonds. The lowest BCUT2D eigenvalue weighted by Gasteiger charge is -2.08. The summed E-state index contributed by atoms with van der Waals surface area (Å²) in [5, 5.41) is 0. The van der Waals surface area contributed by atoms with Crippen LogP contribution in [0.15, 0.2) is 12.1 Å². The summed E-state index contributed by atoms with van der Waals surface area (Å²) in [6.45, 7) is 0.428. The van der Waals surface area contributed by atoms with Crippen molar-refractivity contribution in [2.24, 2.45) is 0 Å². The Hall–Kier alpha value is -0.980. The van der Waals surface area contributed by atoms with Gasteiger partial charge in [0.1, 0.15) is 0 Å². The van der Waals surface area contributed by atoms with Gasteiger partial charge in [-0.25, -0.2) is 8.42 Å². The maximum atomic E-state index is 11.1. The van der Waals surface area contributed by atoms with E-state index in [1.54, 1.807) is 12.1 Å². The van der Waals surface area contributed by atoms with Crippen molar-refractivity contribution in [3.05, 3.63) is 23.3 Å². The molecule has 1 aromatic rings. The number of ether oxygens (including phenoxy) is 3. The lowest BCUT2D eigenvalue weighted by Crippen LogP contribution is -2.01. The predicted molar refractivity (Wildman–Crippen MR) is 61.8 cm³/mol. The predicted octanol–water partition coefficient (Wildman–Crippen LogP) is 1.63. The number of methoxy groups -OCH3 is 1. The Morgan fingerprint density at radius 2 is 1.88 bits per heavy atom. The Labute approximate surface area is 104 Å². The molecule has 0 bridgehead atoms. The molecule has 7 heteroatoms. The molecule has 0 spiro atoms. The van der Waals surface area contributed by atoms with Gasteiger partial charge in [0, 0.05) is 17.8 Å². The van der Waals surface area contributed by atoms with Crippen LogP contribution >= 0.6 is 10.7 Å². The van der Waals surface area contributed by atoms with Crippen LogP contribution in [0.5, 0.6) is 11.5 Å². The van der Waals surface area contributed by atoms with Gasteiger partial charge in [-0.15, -0.1) is 0 Å². The van der Waals surface area contributed by atoms with Crippen molar-refractivity contribution in [2.75, 3.05) is 13.9 Å². The Balaban J connectivity index is 2.41. The minimum atomic E-state index is -3.62. The summed E-state index contributed by atoms with van der Waals surface area (Å²) in [5.74, 6) is 0.858. The van der Waals surface area contributed by atoms with Crippen LogP contribution in [0.25, 0.3) is 0 Å². The smallest absolute Gasteiger partial charge is 0.236 e. The molecule has 0 atom stereocenters. The van der Waals surface area contributed by atoms with E-state index in [1.165, 1.54) is 7.11 Å². The summed E-state index contributed by atoms with van der Waals surface area (Å²) >= 11 is 0. The molecule has 17 heavy (non-hydrogen) atoms. The number of hydrogen-bond donors (Lipinski definition) is 0. The average molecular weight is 279 g/mol. The molecule has 5 nitrogen and oxygen atoms in total. The second-order valence-corrected chi connectivity index (χ2v) is 6.37. The van der Waals surface area contributed by atoms with E-state index in [0.29, 0.717) is 23.7 Å². The molecule has 1 aliphatic rings. The molecule has 0 aromatic heterocycles. The molecule has 0 fully saturated rings. The molecule has 1 heterocycles. The summed E-state index contributed by atoms with van der Waals surface area (Å²) in [4.78, 5) is 0. The van der Waals surface area contributed by atoms with Crippen LogP contribution in [0, 0.1) is 0 Å². The highest BCUT2D eigenvalue weighted by Gasteiger charge is 2.19. The zero-order valence-corrected chi connectivity index (χ0v) is 10.7. The van der Waals surface area contributed by atoms with Gasteiger partial charge in [0.05, 0.1) is 12.4 Å². The fourth-order valence-corrected chi connectivity index (χ4v) is 2.63. The molecule has 2 rings (SSSR count). The van der Waals surface area contributed by atoms with E-state index in [2.05, 4.69) is 0 Å². The van der Waals surface area contributed by atoms with Gasteiger partial charge in [0.15, 0.2) is 11.5 Å². The van der Waals surface area contributed by atoms with Crippen LogP contribution in [0.2, 0.25) is 0 Å². The first kappa shape index (κ1) is 12.5. The Morgan fingerprint density at radius 1 is 1.29 bits per heavy atom. The fraction of sp³-hybridized carbons (Fsp3) is 0.400. The van der Waals surface area contributed by atoms with E-state index in [1.807, 2.05) is 0 Å². The van der Waals surface area contributed by atoms with Gasteiger partial charge < -0.3 is 14.2 Å². The van der Waals surface area contributed by atoms with E-state index in [9.17, 15) is 8.42 Å². The lowest BCUT2D eigenvalue weighted by molar-refractivity contribution is 0.173. The minimum Gasteiger partial charge on any atom is -0.454 e. The van der Waals surface area contributed by atoms with E-state index >= 15 is 0 Å². The first-order valence-corrected chi connectivity index (χ1v) is 7.30. The number of halogens is 1. The Bertz CT molecular complexity index is 526. The molecule has 0 N–H and O–H groups in total. The third-order valence-corrected chi connectivity index (χ3v) is 3.31. The van der Waals surface area contributed by atoms with E-state index in [0.717, 1.165) is 5.56 Å². The Kier molecular flexibility index (Phi) is 3.46. The van der Waals surface area contributed by atoms with Crippen LogP contribution < -0.4 is 9.47 Å². The number of hydrogen-bond acceptors (Lipinski definition) is 5. The van der Waals surface area contributed by atoms with Gasteiger partial charge >= 0.3 is 0 Å². The van der Waals surface area contributed by atoms with Crippen LogP contribution in [0.4, 0.5) is 0 Å². The molecule has 1 aromatic carbocycles. The normalized spacial score (nSPS) is 14.0. The number of fused-ring (bicyclic) bond motifs is 1. The first-order chi connectivity index (χ1) is 7.99. The van der Waals surface area contributed by atoms with Crippen molar-refractivity contribution in [3.8, 4) is 11.5 Å². The molecule has 0 unspecified atom stereocenters. The maximum absolute atomic E-state index is 11.1. The number of rotatable bonds is 4. The highest BCUT2D eigenvalue weighted by Crippen LogP contribution is 2.35. The van der Waals surface area contributed by atoms with Crippen LogP contribution in [0.3, 0.4) is 0 Å². The third kappa shape index (κ3) is 3.02. The van der Waals surface area contributed by atoms with Crippen molar-refractivity contribution in [1.29, 1.82) is 0 Å². The monoisotopic (exact) mass is 278 g/mol. The highest BCUT2D eigenvalue weighted by molar-refractivity contribution is 8.13. The highest BCUT2D eigenvalue weighted by atomic mass is 35.7. The second-order valence-electron chi connectivity index (χ2n) is 3.59. The van der Waals surface area contributed by atoms with Crippen molar-refractivity contribution < 1.29 is 22.6 Å². The SMILES string of the molecule is COCc1cc2c(cc1CS(=O)(=O)Cl)OCO2. The van der Waals surface area contributed by atoms with Crippen LogP contribution in [-0.4, -0.2) is 22.3 Å². The van der Waals surface area contributed by atoms with E-state index < -0.39 is 9.05 Å². The van der Waals surface area contributed by atoms with Crippen molar-refractivity contribution in [1.82, 2.24) is 0 Å². The van der Waals surface area contributed by atoms with Crippen LogP contribution in [0.1, 0.15) is 11.1 Å². The van der Waals surface area contributed by atoms with Gasteiger partial charge in [-0.05, 0) is 23.3 Å². The summed E-state index contributed by atoms with van der Waals surface area (Å²) < 4.78 is 37.6. The molecular weight excluding hydrogens is 268 g/mol. The molecule has 1 aliphatic heterocycles. The third-order valence-electron chi connectivity index (χ3n) is 2.32. The molecule has 0 saturated heterocycles. The second kappa shape index (κ2) is 4.72. The standard InChI is InChI=1S/C10H11ClO5S/c1-14-4-7-2-9-10(16-6-15-9)3-8(7)5-17(11,12)13/h2-3H,4-6H2,1H3. The zero-order valence-electron chi connectivity index (χ0n) is 9.10. The summed E-state index contributed by atoms with van der Waals surface area (Å²) in [7, 11) is 3.17. The van der Waals surface area contributed by atoms with Gasteiger partial charge in [-0.2, -0.15) is 0 Å². The molecule has 0 saturated carbocycles. The Morgan fingerprint density at radius 3 is 2.41 bits per heavy atom. The van der Waals surface area contributed by atoms with Crippen LogP contribution in [-0.2, 0) is 26.1 Å². The first-order valence-electron chi connectivity index (χ1n) is 4.82. The topological polar surface area (TPSA) is 61.8 Å². The van der Waals surface area contributed by atoms with Gasteiger partial charge in [-0.1, -0.05) is 0 Å². The average Bonchev–Trinajstić information content (AvgIpc) is 2.63. The van der Waals surface area contributed by atoms with Gasteiger partial charge in [-0.3, -0.25) is 0 Å². The summed E-state index contributed by atoms with van der Waals surface area (Å²) in [6, 6.07) is 3.33. The largest absolute Gasteiger partial charge is 0.454 e. The quantitative estimate of drug-likeness (QED) is 0.784. The van der Waals surface area contributed by atoms with Crippen molar-refractivity contribution >= 4 is 19.7 Å². The fourth-order valence-electron chi connectivity index (χ4n) is 1.64. The lowest BCUT2D eigenvalue weighted by atomic mass is 10.1. The molecule has 0 aliphatic carbocycles. The number of benzene rings is 1. The van der Waals surface area contributed by atoms with E-state index in [-0.39, 0.29) is 12.5 Å². The zero-order chi connectivity index (χ0) is 12.5.